The number of amides is 1. The van der Waals surface area contributed by atoms with E-state index in [0.717, 1.165) is 30.4 Å². The summed E-state index contributed by atoms with van der Waals surface area (Å²) in [5, 5.41) is 1.24. The van der Waals surface area contributed by atoms with Crippen LogP contribution in [0.5, 0.6) is 0 Å². The second-order valence-corrected chi connectivity index (χ2v) is 8.04. The van der Waals surface area contributed by atoms with E-state index in [1.54, 1.807) is 0 Å². The number of aromatic nitrogens is 1. The van der Waals surface area contributed by atoms with Crippen LogP contribution in [-0.2, 0) is 4.74 Å². The number of hydrogen-bond donors (Lipinski definition) is 0. The largest absolute Gasteiger partial charge is 0.444 e. The number of benzene rings is 1. The molecule has 1 aromatic heterocycles. The zero-order chi connectivity index (χ0) is 16.6. The van der Waals surface area contributed by atoms with E-state index in [9.17, 15) is 4.79 Å². The number of carbonyl (C=O) groups is 1. The van der Waals surface area contributed by atoms with Crippen LogP contribution in [0.2, 0.25) is 0 Å². The van der Waals surface area contributed by atoms with Crippen molar-refractivity contribution in [2.75, 3.05) is 13.1 Å². The molecule has 0 spiro atoms. The number of likely N-dealkylation sites (tertiary alicyclic amines) is 1. The molecule has 1 aliphatic rings. The molecule has 0 saturated carbocycles. The molecule has 124 valence electrons. The molecule has 5 heteroatoms. The van der Waals surface area contributed by atoms with E-state index in [-0.39, 0.29) is 6.09 Å². The monoisotopic (exact) mass is 378 g/mol. The number of piperidine rings is 1. The van der Waals surface area contributed by atoms with Crippen molar-refractivity contribution >= 4 is 32.9 Å². The van der Waals surface area contributed by atoms with Gasteiger partial charge in [0.1, 0.15) is 5.60 Å². The maximum absolute atomic E-state index is 12.1. The smallest absolute Gasteiger partial charge is 0.410 e. The Labute approximate surface area is 145 Å². The predicted octanol–water partition coefficient (Wildman–Crippen LogP) is 4.98. The average Bonchev–Trinajstić information content (AvgIpc) is 2.88. The highest BCUT2D eigenvalue weighted by atomic mass is 79.9. The normalized spacial score (nSPS) is 16.8. The first-order valence-electron chi connectivity index (χ1n) is 8.07. The van der Waals surface area contributed by atoms with Crippen LogP contribution in [-0.4, -0.2) is 34.3 Å². The minimum absolute atomic E-state index is 0.197. The number of fused-ring (bicyclic) bond motifs is 1. The molecular weight excluding hydrogens is 356 g/mol. The molecule has 0 N–H and O–H groups in total. The average molecular weight is 379 g/mol. The van der Waals surface area contributed by atoms with E-state index in [2.05, 4.69) is 51.0 Å². The van der Waals surface area contributed by atoms with Crippen molar-refractivity contribution in [3.63, 3.8) is 0 Å². The summed E-state index contributed by atoms with van der Waals surface area (Å²) in [5.74, 6) is 0. The van der Waals surface area contributed by atoms with E-state index in [0.29, 0.717) is 6.04 Å². The fourth-order valence-corrected chi connectivity index (χ4v) is 3.49. The van der Waals surface area contributed by atoms with Gasteiger partial charge in [-0.3, -0.25) is 0 Å². The molecule has 0 unspecified atom stereocenters. The molecule has 1 aromatic carbocycles. The first kappa shape index (κ1) is 16.4. The Kier molecular flexibility index (Phi) is 4.41. The third-order valence-corrected chi connectivity index (χ3v) is 4.69. The molecule has 3 rings (SSSR count). The molecule has 23 heavy (non-hydrogen) atoms. The van der Waals surface area contributed by atoms with Gasteiger partial charge in [-0.15, -0.1) is 0 Å². The van der Waals surface area contributed by atoms with Gasteiger partial charge in [0.05, 0.1) is 0 Å². The lowest BCUT2D eigenvalue weighted by atomic mass is 10.0. The Bertz CT molecular complexity index is 709. The maximum atomic E-state index is 12.1. The Balaban J connectivity index is 1.67. The standard InChI is InChI=1S/C18H23BrN2O2/c1-18(2,3)23-17(22)20-9-7-15(8-10-20)21-11-6-13-12-14(19)4-5-16(13)21/h4-6,11-12,15H,7-10H2,1-3H3. The van der Waals surface area contributed by atoms with E-state index in [1.165, 1.54) is 10.9 Å². The van der Waals surface area contributed by atoms with E-state index >= 15 is 0 Å². The lowest BCUT2D eigenvalue weighted by Gasteiger charge is -2.34. The molecule has 2 aromatic rings. The second kappa shape index (κ2) is 6.19. The third kappa shape index (κ3) is 3.71. The first-order chi connectivity index (χ1) is 10.8. The van der Waals surface area contributed by atoms with Crippen LogP contribution < -0.4 is 0 Å². The van der Waals surface area contributed by atoms with Crippen molar-refractivity contribution in [2.24, 2.45) is 0 Å². The van der Waals surface area contributed by atoms with Gasteiger partial charge in [-0.1, -0.05) is 15.9 Å². The zero-order valence-corrected chi connectivity index (χ0v) is 15.5. The molecule has 1 fully saturated rings. The molecule has 0 bridgehead atoms. The van der Waals surface area contributed by atoms with Crippen LogP contribution in [0.3, 0.4) is 0 Å². The molecule has 1 aliphatic heterocycles. The van der Waals surface area contributed by atoms with Gasteiger partial charge >= 0.3 is 6.09 Å². The van der Waals surface area contributed by atoms with Gasteiger partial charge in [0, 0.05) is 40.7 Å². The lowest BCUT2D eigenvalue weighted by Crippen LogP contribution is -2.42. The number of rotatable bonds is 1. The van der Waals surface area contributed by atoms with E-state index in [1.807, 2.05) is 25.7 Å². The lowest BCUT2D eigenvalue weighted by molar-refractivity contribution is 0.0190. The van der Waals surface area contributed by atoms with Gasteiger partial charge in [0.2, 0.25) is 0 Å². The Morgan fingerprint density at radius 1 is 1.22 bits per heavy atom. The number of halogens is 1. The van der Waals surface area contributed by atoms with Crippen molar-refractivity contribution in [3.8, 4) is 0 Å². The van der Waals surface area contributed by atoms with Crippen LogP contribution in [0, 0.1) is 0 Å². The van der Waals surface area contributed by atoms with E-state index in [4.69, 9.17) is 4.74 Å². The van der Waals surface area contributed by atoms with Crippen LogP contribution in [0.1, 0.15) is 39.7 Å². The maximum Gasteiger partial charge on any atom is 0.410 e. The molecule has 1 amide bonds. The fraction of sp³-hybridized carbons (Fsp3) is 0.500. The summed E-state index contributed by atoms with van der Waals surface area (Å²) in [5.41, 5.74) is 0.821. The molecule has 0 aliphatic carbocycles. The van der Waals surface area contributed by atoms with E-state index < -0.39 is 5.60 Å². The quantitative estimate of drug-likeness (QED) is 0.701. The molecule has 2 heterocycles. The zero-order valence-electron chi connectivity index (χ0n) is 13.9. The summed E-state index contributed by atoms with van der Waals surface area (Å²) in [6, 6.07) is 8.96. The molecule has 4 nitrogen and oxygen atoms in total. The second-order valence-electron chi connectivity index (χ2n) is 7.12. The highest BCUT2D eigenvalue weighted by Crippen LogP contribution is 2.29. The summed E-state index contributed by atoms with van der Waals surface area (Å²) in [6.45, 7) is 7.21. The summed E-state index contributed by atoms with van der Waals surface area (Å²) in [4.78, 5) is 14.0. The van der Waals surface area contributed by atoms with Crippen LogP contribution in [0.15, 0.2) is 34.9 Å². The highest BCUT2D eigenvalue weighted by molar-refractivity contribution is 9.10. The first-order valence-corrected chi connectivity index (χ1v) is 8.87. The third-order valence-electron chi connectivity index (χ3n) is 4.19. The van der Waals surface area contributed by atoms with Crippen molar-refractivity contribution in [1.82, 2.24) is 9.47 Å². The van der Waals surface area contributed by atoms with Gasteiger partial charge in [0.25, 0.3) is 0 Å². The van der Waals surface area contributed by atoms with Gasteiger partial charge < -0.3 is 14.2 Å². The fourth-order valence-electron chi connectivity index (χ4n) is 3.11. The Morgan fingerprint density at radius 2 is 1.91 bits per heavy atom. The van der Waals surface area contributed by atoms with Crippen molar-refractivity contribution in [1.29, 1.82) is 0 Å². The molecular formula is C18H23BrN2O2. The van der Waals surface area contributed by atoms with Crippen LogP contribution in [0.4, 0.5) is 4.79 Å². The minimum Gasteiger partial charge on any atom is -0.444 e. The van der Waals surface area contributed by atoms with Gasteiger partial charge in [-0.05, 0) is 57.9 Å². The number of nitrogens with zero attached hydrogens (tertiary/aromatic N) is 2. The predicted molar refractivity (Wildman–Crippen MR) is 95.7 cm³/mol. The Morgan fingerprint density at radius 3 is 2.57 bits per heavy atom. The van der Waals surface area contributed by atoms with Crippen molar-refractivity contribution in [3.05, 3.63) is 34.9 Å². The van der Waals surface area contributed by atoms with Gasteiger partial charge in [-0.2, -0.15) is 0 Å². The van der Waals surface area contributed by atoms with Crippen molar-refractivity contribution in [2.45, 2.75) is 45.3 Å². The molecule has 0 atom stereocenters. The van der Waals surface area contributed by atoms with Crippen molar-refractivity contribution < 1.29 is 9.53 Å². The van der Waals surface area contributed by atoms with Crippen LogP contribution in [0.25, 0.3) is 10.9 Å². The van der Waals surface area contributed by atoms with Gasteiger partial charge in [0.15, 0.2) is 0 Å². The summed E-state index contributed by atoms with van der Waals surface area (Å²) >= 11 is 3.52. The number of ether oxygens (including phenoxy) is 1. The topological polar surface area (TPSA) is 34.5 Å². The summed E-state index contributed by atoms with van der Waals surface area (Å²) in [7, 11) is 0. The van der Waals surface area contributed by atoms with Gasteiger partial charge in [-0.25, -0.2) is 4.79 Å². The minimum atomic E-state index is -0.433. The number of carbonyl (C=O) groups excluding carboxylic acids is 1. The Hall–Kier alpha value is -1.49. The summed E-state index contributed by atoms with van der Waals surface area (Å²) in [6.07, 6.45) is 3.88. The highest BCUT2D eigenvalue weighted by Gasteiger charge is 2.27. The molecule has 1 saturated heterocycles. The number of hydrogen-bond acceptors (Lipinski definition) is 2. The molecule has 0 radical (unpaired) electrons. The SMILES string of the molecule is CC(C)(C)OC(=O)N1CCC(n2ccc3cc(Br)ccc32)CC1. The van der Waals surface area contributed by atoms with Crippen LogP contribution >= 0.6 is 15.9 Å². The summed E-state index contributed by atoms with van der Waals surface area (Å²) < 4.78 is 8.90.